The third kappa shape index (κ3) is 2.78. The summed E-state index contributed by atoms with van der Waals surface area (Å²) in [5, 5.41) is 4.19. The van der Waals surface area contributed by atoms with Crippen LogP contribution in [0.5, 0.6) is 5.75 Å². The normalized spacial score (nSPS) is 18.9. The molecule has 1 aromatic heterocycles. The Morgan fingerprint density at radius 1 is 1.38 bits per heavy atom. The minimum atomic E-state index is 0.146. The molecule has 2 unspecified atom stereocenters. The molecule has 0 amide bonds. The van der Waals surface area contributed by atoms with Crippen LogP contribution in [0.15, 0.2) is 28.8 Å². The van der Waals surface area contributed by atoms with Gasteiger partial charge in [-0.25, -0.2) is 0 Å². The van der Waals surface area contributed by atoms with Gasteiger partial charge in [0, 0.05) is 12.1 Å². The topological polar surface area (TPSA) is 74.2 Å². The lowest BCUT2D eigenvalue weighted by molar-refractivity contribution is 0.271. The van der Waals surface area contributed by atoms with Gasteiger partial charge in [0.15, 0.2) is 5.82 Å². The minimum Gasteiger partial charge on any atom is -0.493 e. The number of aromatic nitrogens is 2. The van der Waals surface area contributed by atoms with Gasteiger partial charge in [-0.15, -0.1) is 0 Å². The molecule has 1 aliphatic rings. The summed E-state index contributed by atoms with van der Waals surface area (Å²) in [5.41, 5.74) is 6.94. The second-order valence-electron chi connectivity index (χ2n) is 5.44. The summed E-state index contributed by atoms with van der Waals surface area (Å²) in [7, 11) is 0. The van der Waals surface area contributed by atoms with Gasteiger partial charge < -0.3 is 15.0 Å². The van der Waals surface area contributed by atoms with Gasteiger partial charge in [0.25, 0.3) is 0 Å². The Kier molecular flexibility index (Phi) is 4.20. The fourth-order valence-corrected chi connectivity index (χ4v) is 2.86. The Balaban J connectivity index is 1.87. The maximum Gasteiger partial charge on any atom is 0.231 e. The largest absolute Gasteiger partial charge is 0.493 e. The standard InChI is InChI=1S/C16H21N3O2/c1-2-5-11(10-17)16-18-15(19-21-16)13-8-9-20-14-7-4-3-6-12(13)14/h3-4,6-7,11,13H,2,5,8-10,17H2,1H3. The first-order chi connectivity index (χ1) is 10.3. The highest BCUT2D eigenvalue weighted by atomic mass is 16.5. The lowest BCUT2D eigenvalue weighted by atomic mass is 9.92. The molecule has 2 atom stereocenters. The van der Waals surface area contributed by atoms with Gasteiger partial charge in [0.1, 0.15) is 5.75 Å². The molecule has 0 spiro atoms. The Morgan fingerprint density at radius 3 is 3.05 bits per heavy atom. The second-order valence-corrected chi connectivity index (χ2v) is 5.44. The highest BCUT2D eigenvalue weighted by Crippen LogP contribution is 2.37. The molecular weight excluding hydrogens is 266 g/mol. The molecule has 2 heterocycles. The summed E-state index contributed by atoms with van der Waals surface area (Å²) in [6.07, 6.45) is 2.90. The lowest BCUT2D eigenvalue weighted by Crippen LogP contribution is -2.16. The van der Waals surface area contributed by atoms with Crippen LogP contribution in [0.2, 0.25) is 0 Å². The summed E-state index contributed by atoms with van der Waals surface area (Å²) in [4.78, 5) is 4.61. The Morgan fingerprint density at radius 2 is 2.24 bits per heavy atom. The summed E-state index contributed by atoms with van der Waals surface area (Å²) < 4.78 is 11.1. The zero-order valence-electron chi connectivity index (χ0n) is 12.3. The number of benzene rings is 1. The zero-order valence-corrected chi connectivity index (χ0v) is 12.3. The number of para-hydroxylation sites is 1. The first-order valence-electron chi connectivity index (χ1n) is 7.58. The lowest BCUT2D eigenvalue weighted by Gasteiger charge is -2.23. The number of nitrogens with zero attached hydrogens (tertiary/aromatic N) is 2. The van der Waals surface area contributed by atoms with Crippen molar-refractivity contribution in [3.63, 3.8) is 0 Å². The van der Waals surface area contributed by atoms with Crippen molar-refractivity contribution in [2.75, 3.05) is 13.2 Å². The van der Waals surface area contributed by atoms with Crippen LogP contribution in [0.4, 0.5) is 0 Å². The maximum atomic E-state index is 5.81. The van der Waals surface area contributed by atoms with Crippen LogP contribution >= 0.6 is 0 Å². The monoisotopic (exact) mass is 287 g/mol. The van der Waals surface area contributed by atoms with Crippen molar-refractivity contribution in [2.24, 2.45) is 5.73 Å². The van der Waals surface area contributed by atoms with E-state index in [1.54, 1.807) is 0 Å². The molecule has 21 heavy (non-hydrogen) atoms. The van der Waals surface area contributed by atoms with Crippen molar-refractivity contribution < 1.29 is 9.26 Å². The molecule has 0 radical (unpaired) electrons. The summed E-state index contributed by atoms with van der Waals surface area (Å²) in [6, 6.07) is 8.06. The van der Waals surface area contributed by atoms with Gasteiger partial charge in [0.05, 0.1) is 18.4 Å². The fourth-order valence-electron chi connectivity index (χ4n) is 2.86. The number of nitrogens with two attached hydrogens (primary N) is 1. The van der Waals surface area contributed by atoms with Crippen molar-refractivity contribution in [3.8, 4) is 5.75 Å². The Bertz CT molecular complexity index is 597. The van der Waals surface area contributed by atoms with E-state index in [1.807, 2.05) is 18.2 Å². The Labute approximate surface area is 124 Å². The molecule has 0 saturated heterocycles. The van der Waals surface area contributed by atoms with Gasteiger partial charge in [-0.3, -0.25) is 0 Å². The van der Waals surface area contributed by atoms with Crippen molar-refractivity contribution in [1.29, 1.82) is 0 Å². The summed E-state index contributed by atoms with van der Waals surface area (Å²) >= 11 is 0. The average molecular weight is 287 g/mol. The van der Waals surface area contributed by atoms with Gasteiger partial charge >= 0.3 is 0 Å². The van der Waals surface area contributed by atoms with Crippen LogP contribution < -0.4 is 10.5 Å². The van der Waals surface area contributed by atoms with Crippen LogP contribution in [0.25, 0.3) is 0 Å². The quantitative estimate of drug-likeness (QED) is 0.915. The van der Waals surface area contributed by atoms with E-state index in [0.717, 1.165) is 36.4 Å². The summed E-state index contributed by atoms with van der Waals surface area (Å²) in [6.45, 7) is 3.36. The molecule has 3 rings (SSSR count). The molecule has 5 heteroatoms. The van der Waals surface area contributed by atoms with Crippen LogP contribution in [0.3, 0.4) is 0 Å². The van der Waals surface area contributed by atoms with E-state index in [2.05, 4.69) is 23.1 Å². The first-order valence-corrected chi connectivity index (χ1v) is 7.58. The van der Waals surface area contributed by atoms with Crippen molar-refractivity contribution in [2.45, 2.75) is 38.0 Å². The highest BCUT2D eigenvalue weighted by molar-refractivity contribution is 5.40. The molecule has 0 bridgehead atoms. The van der Waals surface area contributed by atoms with Gasteiger partial charge in [-0.1, -0.05) is 36.7 Å². The molecule has 1 aromatic carbocycles. The Hall–Kier alpha value is -1.88. The SMILES string of the molecule is CCCC(CN)c1nc(C2CCOc3ccccc32)no1. The number of fused-ring (bicyclic) bond motifs is 1. The van der Waals surface area contributed by atoms with Crippen molar-refractivity contribution >= 4 is 0 Å². The van der Waals surface area contributed by atoms with E-state index in [4.69, 9.17) is 15.0 Å². The predicted octanol–water partition coefficient (Wildman–Crippen LogP) is 2.83. The summed E-state index contributed by atoms with van der Waals surface area (Å²) in [5.74, 6) is 2.64. The van der Waals surface area contributed by atoms with Crippen LogP contribution in [0, 0.1) is 0 Å². The van der Waals surface area contributed by atoms with Crippen molar-refractivity contribution in [1.82, 2.24) is 10.1 Å². The molecule has 2 aromatic rings. The zero-order chi connectivity index (χ0) is 14.7. The van der Waals surface area contributed by atoms with Crippen LogP contribution in [0.1, 0.15) is 55.3 Å². The van der Waals surface area contributed by atoms with Gasteiger partial charge in [0.2, 0.25) is 5.89 Å². The first kappa shape index (κ1) is 14.1. The molecule has 0 fully saturated rings. The van der Waals surface area contributed by atoms with E-state index < -0.39 is 0 Å². The van der Waals surface area contributed by atoms with E-state index in [9.17, 15) is 0 Å². The van der Waals surface area contributed by atoms with Gasteiger partial charge in [-0.05, 0) is 18.9 Å². The van der Waals surface area contributed by atoms with E-state index >= 15 is 0 Å². The third-order valence-electron chi connectivity index (χ3n) is 4.00. The number of rotatable bonds is 5. The number of hydrogen-bond donors (Lipinski definition) is 1. The van der Waals surface area contributed by atoms with E-state index in [0.29, 0.717) is 19.0 Å². The maximum absolute atomic E-state index is 5.81. The molecule has 5 nitrogen and oxygen atoms in total. The predicted molar refractivity (Wildman–Crippen MR) is 79.4 cm³/mol. The minimum absolute atomic E-state index is 0.146. The number of ether oxygens (including phenoxy) is 1. The molecule has 1 aliphatic heterocycles. The molecule has 112 valence electrons. The third-order valence-corrected chi connectivity index (χ3v) is 4.00. The van der Waals surface area contributed by atoms with Crippen molar-refractivity contribution in [3.05, 3.63) is 41.5 Å². The van der Waals surface area contributed by atoms with E-state index in [-0.39, 0.29) is 11.8 Å². The molecule has 2 N–H and O–H groups in total. The smallest absolute Gasteiger partial charge is 0.231 e. The molecule has 0 saturated carbocycles. The van der Waals surface area contributed by atoms with Crippen LogP contribution in [-0.2, 0) is 0 Å². The second kappa shape index (κ2) is 6.26. The highest BCUT2D eigenvalue weighted by Gasteiger charge is 2.28. The fraction of sp³-hybridized carbons (Fsp3) is 0.500. The molecule has 0 aliphatic carbocycles. The van der Waals surface area contributed by atoms with Crippen LogP contribution in [-0.4, -0.2) is 23.3 Å². The average Bonchev–Trinajstić information content (AvgIpc) is 3.01. The number of hydrogen-bond acceptors (Lipinski definition) is 5. The van der Waals surface area contributed by atoms with Gasteiger partial charge in [-0.2, -0.15) is 4.98 Å². The van der Waals surface area contributed by atoms with E-state index in [1.165, 1.54) is 0 Å². The molecular formula is C16H21N3O2.